The van der Waals surface area contributed by atoms with Crippen LogP contribution in [0.25, 0.3) is 21.5 Å². The first-order valence-corrected chi connectivity index (χ1v) is 19.7. The minimum Gasteiger partial charge on any atom is -0.481 e. The van der Waals surface area contributed by atoms with Crippen molar-refractivity contribution >= 4 is 45.3 Å². The van der Waals surface area contributed by atoms with Crippen LogP contribution in [-0.4, -0.2) is 56.9 Å². The van der Waals surface area contributed by atoms with Gasteiger partial charge in [-0.3, -0.25) is 19.2 Å². The molecule has 2 N–H and O–H groups in total. The Morgan fingerprint density at radius 1 is 0.466 bits per heavy atom. The first-order valence-electron chi connectivity index (χ1n) is 19.7. The number of benzene rings is 6. The number of hydrogen-bond donors (Lipinski definition) is 2. The third kappa shape index (κ3) is 8.66. The lowest BCUT2D eigenvalue weighted by atomic mass is 9.55. The summed E-state index contributed by atoms with van der Waals surface area (Å²) >= 11 is 0. The van der Waals surface area contributed by atoms with E-state index in [4.69, 9.17) is 9.47 Å². The molecule has 10 heteroatoms. The summed E-state index contributed by atoms with van der Waals surface area (Å²) < 4.78 is 12.2. The third-order valence-electron chi connectivity index (χ3n) is 10.8. The average molecular weight is 779 g/mol. The summed E-state index contributed by atoms with van der Waals surface area (Å²) in [4.78, 5) is 57.1. The topological polar surface area (TPSA) is 134 Å². The SMILES string of the molecule is CCCN(Cc1ccc(Oc2ccc3ccccc3c2)cc1)C(=O)C1C(C(=O)O)C(C(=O)O)C1C(=O)N(CCC)Cc1ccc(Oc2ccc3ccccc3c2)cc1. The fourth-order valence-corrected chi connectivity index (χ4v) is 7.97. The maximum absolute atomic E-state index is 14.4. The molecule has 0 bridgehead atoms. The van der Waals surface area contributed by atoms with Crippen LogP contribution in [-0.2, 0) is 32.3 Å². The van der Waals surface area contributed by atoms with Gasteiger partial charge in [-0.15, -0.1) is 0 Å². The van der Waals surface area contributed by atoms with Crippen LogP contribution in [0.1, 0.15) is 37.8 Å². The molecule has 1 aliphatic rings. The van der Waals surface area contributed by atoms with Crippen LogP contribution in [0, 0.1) is 23.7 Å². The van der Waals surface area contributed by atoms with Gasteiger partial charge in [-0.1, -0.05) is 98.8 Å². The number of carboxylic acids is 2. The number of fused-ring (bicyclic) bond motifs is 2. The maximum atomic E-state index is 14.4. The van der Waals surface area contributed by atoms with Crippen molar-refractivity contribution in [1.82, 2.24) is 9.80 Å². The minimum absolute atomic E-state index is 0.150. The van der Waals surface area contributed by atoms with Crippen molar-refractivity contribution < 1.29 is 38.9 Å². The van der Waals surface area contributed by atoms with Gasteiger partial charge in [0.1, 0.15) is 23.0 Å². The van der Waals surface area contributed by atoms with E-state index in [0.29, 0.717) is 48.9 Å². The number of aliphatic carboxylic acids is 2. The first-order chi connectivity index (χ1) is 28.1. The molecule has 0 spiro atoms. The summed E-state index contributed by atoms with van der Waals surface area (Å²) in [6.07, 6.45) is 1.14. The molecule has 6 aromatic carbocycles. The average Bonchev–Trinajstić information content (AvgIpc) is 3.21. The molecule has 10 nitrogen and oxygen atoms in total. The van der Waals surface area contributed by atoms with Crippen LogP contribution in [0.5, 0.6) is 23.0 Å². The molecule has 0 radical (unpaired) electrons. The molecule has 296 valence electrons. The number of carboxylic acid groups (broad SMARTS) is 2. The number of hydrogen-bond acceptors (Lipinski definition) is 6. The van der Waals surface area contributed by atoms with Crippen molar-refractivity contribution in [2.75, 3.05) is 13.1 Å². The number of ether oxygens (including phenoxy) is 2. The Hall–Kier alpha value is -6.68. The van der Waals surface area contributed by atoms with Gasteiger partial charge in [-0.05, 0) is 94.0 Å². The van der Waals surface area contributed by atoms with E-state index in [0.717, 1.165) is 32.7 Å². The first kappa shape index (κ1) is 39.6. The lowest BCUT2D eigenvalue weighted by molar-refractivity contribution is -0.187. The lowest BCUT2D eigenvalue weighted by Gasteiger charge is -2.48. The molecule has 0 aromatic heterocycles. The van der Waals surface area contributed by atoms with E-state index >= 15 is 0 Å². The Labute approximate surface area is 337 Å². The third-order valence-corrected chi connectivity index (χ3v) is 10.8. The van der Waals surface area contributed by atoms with Gasteiger partial charge >= 0.3 is 11.9 Å². The quantitative estimate of drug-likeness (QED) is 0.0993. The van der Waals surface area contributed by atoms with Gasteiger partial charge in [0, 0.05) is 26.2 Å². The second kappa shape index (κ2) is 17.6. The second-order valence-corrected chi connectivity index (χ2v) is 14.8. The molecule has 1 aliphatic carbocycles. The zero-order valence-electron chi connectivity index (χ0n) is 32.5. The van der Waals surface area contributed by atoms with Gasteiger partial charge in [0.25, 0.3) is 0 Å². The number of amides is 2. The fraction of sp³-hybridized carbons (Fsp3) is 0.250. The van der Waals surface area contributed by atoms with E-state index in [9.17, 15) is 29.4 Å². The van der Waals surface area contributed by atoms with Gasteiger partial charge in [-0.2, -0.15) is 0 Å². The van der Waals surface area contributed by atoms with Gasteiger partial charge < -0.3 is 29.5 Å². The zero-order chi connectivity index (χ0) is 40.8. The van der Waals surface area contributed by atoms with Crippen molar-refractivity contribution in [1.29, 1.82) is 0 Å². The molecule has 0 saturated heterocycles. The van der Waals surface area contributed by atoms with E-state index < -0.39 is 47.4 Å². The number of rotatable bonds is 16. The van der Waals surface area contributed by atoms with Gasteiger partial charge in [0.2, 0.25) is 11.8 Å². The number of carbonyl (C=O) groups excluding carboxylic acids is 2. The minimum atomic E-state index is -1.55. The molecule has 0 aliphatic heterocycles. The Bertz CT molecular complexity index is 2260. The summed E-state index contributed by atoms with van der Waals surface area (Å²) in [5, 5.41) is 24.8. The van der Waals surface area contributed by atoms with Gasteiger partial charge in [-0.25, -0.2) is 0 Å². The van der Waals surface area contributed by atoms with E-state index in [1.165, 1.54) is 9.80 Å². The summed E-state index contributed by atoms with van der Waals surface area (Å²) in [6, 6.07) is 42.3. The van der Waals surface area contributed by atoms with Crippen LogP contribution in [0.15, 0.2) is 133 Å². The summed E-state index contributed by atoms with van der Waals surface area (Å²) in [6.45, 7) is 4.69. The summed E-state index contributed by atoms with van der Waals surface area (Å²) in [5.41, 5.74) is 1.55. The Kier molecular flexibility index (Phi) is 12.0. The van der Waals surface area contributed by atoms with Gasteiger partial charge in [0.05, 0.1) is 23.7 Å². The highest BCUT2D eigenvalue weighted by Gasteiger charge is 2.64. The molecule has 4 unspecified atom stereocenters. The Morgan fingerprint density at radius 3 is 1.16 bits per heavy atom. The van der Waals surface area contributed by atoms with Crippen molar-refractivity contribution in [3.05, 3.63) is 145 Å². The van der Waals surface area contributed by atoms with Crippen LogP contribution in [0.2, 0.25) is 0 Å². The molecular formula is C48H46N2O8. The predicted octanol–water partition coefficient (Wildman–Crippen LogP) is 9.40. The zero-order valence-corrected chi connectivity index (χ0v) is 32.5. The molecule has 6 aromatic rings. The van der Waals surface area contributed by atoms with Crippen molar-refractivity contribution in [3.8, 4) is 23.0 Å². The van der Waals surface area contributed by atoms with Gasteiger partial charge in [0.15, 0.2) is 0 Å². The molecule has 4 atom stereocenters. The normalized spacial score (nSPS) is 17.3. The smallest absolute Gasteiger partial charge is 0.308 e. The van der Waals surface area contributed by atoms with E-state index in [2.05, 4.69) is 0 Å². The number of nitrogens with zero attached hydrogens (tertiary/aromatic N) is 2. The Balaban J connectivity index is 1.06. The highest BCUT2D eigenvalue weighted by Crippen LogP contribution is 2.49. The Morgan fingerprint density at radius 2 is 0.810 bits per heavy atom. The summed E-state index contributed by atoms with van der Waals surface area (Å²) in [5.74, 6) is -7.12. The molecular weight excluding hydrogens is 733 g/mol. The number of carbonyl (C=O) groups is 4. The van der Waals surface area contributed by atoms with Crippen molar-refractivity contribution in [2.24, 2.45) is 23.7 Å². The molecule has 1 fully saturated rings. The fourth-order valence-electron chi connectivity index (χ4n) is 7.97. The highest BCUT2D eigenvalue weighted by molar-refractivity contribution is 5.99. The van der Waals surface area contributed by atoms with E-state index in [1.807, 2.05) is 123 Å². The molecule has 1 saturated carbocycles. The molecule has 58 heavy (non-hydrogen) atoms. The standard InChI is InChI=1S/C48H46N2O8/c1-3-25-49(29-31-13-19-37(20-14-31)57-39-23-17-33-9-5-7-11-35(33)27-39)45(51)41-42(44(48(55)56)43(41)47(53)54)46(52)50(26-4-2)30-32-15-21-38(22-16-32)58-40-24-18-34-10-6-8-12-36(34)28-40/h5-24,27-28,41-44H,3-4,25-26,29-30H2,1-2H3,(H,53,54)(H,55,56). The monoisotopic (exact) mass is 778 g/mol. The molecule has 0 heterocycles. The predicted molar refractivity (Wildman–Crippen MR) is 222 cm³/mol. The van der Waals surface area contributed by atoms with Crippen LogP contribution in [0.3, 0.4) is 0 Å². The van der Waals surface area contributed by atoms with Crippen LogP contribution >= 0.6 is 0 Å². The van der Waals surface area contributed by atoms with Crippen LogP contribution in [0.4, 0.5) is 0 Å². The van der Waals surface area contributed by atoms with Crippen LogP contribution < -0.4 is 9.47 Å². The largest absolute Gasteiger partial charge is 0.481 e. The second-order valence-electron chi connectivity index (χ2n) is 14.8. The van der Waals surface area contributed by atoms with Crippen molar-refractivity contribution in [2.45, 2.75) is 39.8 Å². The summed E-state index contributed by atoms with van der Waals surface area (Å²) in [7, 11) is 0. The molecule has 7 rings (SSSR count). The van der Waals surface area contributed by atoms with Crippen molar-refractivity contribution in [3.63, 3.8) is 0 Å². The van der Waals surface area contributed by atoms with E-state index in [1.54, 1.807) is 24.3 Å². The molecule has 2 amide bonds. The highest BCUT2D eigenvalue weighted by atomic mass is 16.5. The van der Waals surface area contributed by atoms with E-state index in [-0.39, 0.29) is 13.1 Å². The lowest BCUT2D eigenvalue weighted by Crippen LogP contribution is -2.64. The maximum Gasteiger partial charge on any atom is 0.308 e.